The van der Waals surface area contributed by atoms with Gasteiger partial charge in [-0.15, -0.1) is 0 Å². The predicted molar refractivity (Wildman–Crippen MR) is 93.7 cm³/mol. The monoisotopic (exact) mass is 416 g/mol. The van der Waals surface area contributed by atoms with Crippen LogP contribution in [-0.2, 0) is 0 Å². The third-order valence-electron chi connectivity index (χ3n) is 4.03. The average Bonchev–Trinajstić information content (AvgIpc) is 2.48. The van der Waals surface area contributed by atoms with Crippen LogP contribution in [0, 0.1) is 0 Å². The van der Waals surface area contributed by atoms with Gasteiger partial charge >= 0.3 is 146 Å². The fourth-order valence-corrected chi connectivity index (χ4v) is 7.92. The summed E-state index contributed by atoms with van der Waals surface area (Å²) in [5.74, 6) is 0. The summed E-state index contributed by atoms with van der Waals surface area (Å²) >= 11 is 5.24. The Morgan fingerprint density at radius 3 is 1.95 bits per heavy atom. The van der Waals surface area contributed by atoms with Gasteiger partial charge in [-0.3, -0.25) is 0 Å². The summed E-state index contributed by atoms with van der Waals surface area (Å²) in [6.07, 6.45) is 13.8. The molecule has 0 aliphatic heterocycles. The summed E-state index contributed by atoms with van der Waals surface area (Å²) in [6, 6.07) is 1.79. The van der Waals surface area contributed by atoms with Gasteiger partial charge in [0.05, 0.1) is 0 Å². The van der Waals surface area contributed by atoms with Gasteiger partial charge in [0.1, 0.15) is 0 Å². The zero-order chi connectivity index (χ0) is 15.6. The van der Waals surface area contributed by atoms with E-state index in [-0.39, 0.29) is 0 Å². The van der Waals surface area contributed by atoms with E-state index in [0.717, 1.165) is 3.84 Å². The molecule has 0 unspecified atom stereocenters. The third-order valence-corrected chi connectivity index (χ3v) is 9.22. The van der Waals surface area contributed by atoms with Crippen molar-refractivity contribution in [3.63, 3.8) is 0 Å². The number of unbranched alkanes of at least 4 members (excludes halogenated alkanes) is 3. The molecule has 0 N–H and O–H groups in total. The molecule has 21 heavy (non-hydrogen) atoms. The van der Waals surface area contributed by atoms with Crippen molar-refractivity contribution in [1.29, 1.82) is 0 Å². The number of aromatic nitrogens is 2. The van der Waals surface area contributed by atoms with Gasteiger partial charge in [0.25, 0.3) is 0 Å². The molecule has 0 bridgehead atoms. The second-order valence-corrected chi connectivity index (χ2v) is 11.3. The summed E-state index contributed by atoms with van der Waals surface area (Å²) in [6.45, 7) is 6.89. The molecule has 0 saturated carbocycles. The first-order valence-electron chi connectivity index (χ1n) is 8.42. The molecule has 1 heterocycles. The summed E-state index contributed by atoms with van der Waals surface area (Å²) in [5.41, 5.74) is 0. The van der Waals surface area contributed by atoms with Crippen molar-refractivity contribution in [2.75, 3.05) is 0 Å². The quantitative estimate of drug-likeness (QED) is 0.367. The van der Waals surface area contributed by atoms with Crippen LogP contribution in [0.25, 0.3) is 0 Å². The van der Waals surface area contributed by atoms with Gasteiger partial charge in [0.15, 0.2) is 0 Å². The standard InChI is InChI=1S/C13H27.C4H2ClN2.Sn/c1-4-7-10-13(11-8-5-2)12-9-6-3;5-4-1-2-6-3-7-4;/h4-12H2,1-3H3;1-2H;. The molecule has 0 fully saturated rings. The van der Waals surface area contributed by atoms with Crippen LogP contribution in [0.3, 0.4) is 0 Å². The Hall–Kier alpha value is 0.169. The average molecular weight is 416 g/mol. The fraction of sp³-hybridized carbons (Fsp3) is 0.765. The maximum atomic E-state index is 6.06. The molecule has 0 amide bonds. The van der Waals surface area contributed by atoms with E-state index in [1.807, 2.05) is 6.20 Å². The maximum absolute atomic E-state index is 6.06. The first-order valence-corrected chi connectivity index (χ1v) is 11.7. The minimum atomic E-state index is -0.823. The van der Waals surface area contributed by atoms with Gasteiger partial charge < -0.3 is 0 Å². The summed E-state index contributed by atoms with van der Waals surface area (Å²) in [4.78, 5) is 9.04. The van der Waals surface area contributed by atoms with Crippen LogP contribution in [-0.4, -0.2) is 31.1 Å². The molecule has 1 aromatic heterocycles. The molecule has 1 aromatic rings. The van der Waals surface area contributed by atoms with Gasteiger partial charge in [-0.1, -0.05) is 0 Å². The predicted octanol–water partition coefficient (Wildman–Crippen LogP) is 5.19. The number of nitrogens with zero attached hydrogens (tertiary/aromatic N) is 2. The minimum absolute atomic E-state index is 0.538. The van der Waals surface area contributed by atoms with Gasteiger partial charge in [-0.25, -0.2) is 0 Å². The van der Waals surface area contributed by atoms with Crippen molar-refractivity contribution in [3.8, 4) is 0 Å². The molecule has 2 nitrogen and oxygen atoms in total. The Balaban J connectivity index is 2.88. The molecule has 0 saturated heterocycles. The van der Waals surface area contributed by atoms with Gasteiger partial charge in [-0.05, 0) is 0 Å². The van der Waals surface area contributed by atoms with Crippen LogP contribution in [0.1, 0.15) is 78.6 Å². The van der Waals surface area contributed by atoms with E-state index in [9.17, 15) is 0 Å². The summed E-state index contributed by atoms with van der Waals surface area (Å²) in [5, 5.41) is 0.608. The fourth-order valence-electron chi connectivity index (χ4n) is 2.74. The topological polar surface area (TPSA) is 25.8 Å². The van der Waals surface area contributed by atoms with Crippen molar-refractivity contribution >= 4 is 36.6 Å². The van der Waals surface area contributed by atoms with Crippen LogP contribution in [0.2, 0.25) is 8.58 Å². The van der Waals surface area contributed by atoms with E-state index >= 15 is 0 Å². The first-order chi connectivity index (χ1) is 10.2. The Morgan fingerprint density at radius 2 is 1.52 bits per heavy atom. The third kappa shape index (κ3) is 7.31. The first kappa shape index (κ1) is 19.2. The Bertz CT molecular complexity index is 376. The number of halogens is 1. The molecule has 1 rings (SSSR count). The van der Waals surface area contributed by atoms with E-state index in [1.165, 1.54) is 57.8 Å². The van der Waals surface area contributed by atoms with Crippen LogP contribution in [0.4, 0.5) is 0 Å². The van der Waals surface area contributed by atoms with Crippen molar-refractivity contribution in [3.05, 3.63) is 17.4 Å². The van der Waals surface area contributed by atoms with Crippen molar-refractivity contribution in [2.45, 2.75) is 82.0 Å². The van der Waals surface area contributed by atoms with Gasteiger partial charge in [0.2, 0.25) is 0 Å². The molecule has 0 aliphatic carbocycles. The molecule has 4 heteroatoms. The van der Waals surface area contributed by atoms with E-state index in [1.54, 1.807) is 6.07 Å². The van der Waals surface area contributed by atoms with Crippen molar-refractivity contribution in [2.24, 2.45) is 0 Å². The molecule has 118 valence electrons. The second-order valence-electron chi connectivity index (χ2n) is 5.92. The van der Waals surface area contributed by atoms with Gasteiger partial charge in [0, 0.05) is 0 Å². The number of hydrogen-bond donors (Lipinski definition) is 0. The molecule has 2 radical (unpaired) electrons. The normalized spacial score (nSPS) is 11.8. The van der Waals surface area contributed by atoms with Crippen LogP contribution in [0.15, 0.2) is 12.3 Å². The van der Waals surface area contributed by atoms with E-state index in [0.29, 0.717) is 8.58 Å². The Labute approximate surface area is 145 Å². The number of hydrogen-bond acceptors (Lipinski definition) is 2. The zero-order valence-corrected chi connectivity index (χ0v) is 17.4. The SMILES string of the molecule is CCCC[C](CCCC)(CCCC)[Sn][c]1nccc(Cl)n1. The van der Waals surface area contributed by atoms with Crippen LogP contribution < -0.4 is 3.84 Å². The Morgan fingerprint density at radius 1 is 1.00 bits per heavy atom. The van der Waals surface area contributed by atoms with Crippen LogP contribution >= 0.6 is 11.6 Å². The van der Waals surface area contributed by atoms with Crippen molar-refractivity contribution in [1.82, 2.24) is 9.97 Å². The number of rotatable bonds is 11. The van der Waals surface area contributed by atoms with E-state index in [4.69, 9.17) is 11.6 Å². The van der Waals surface area contributed by atoms with Gasteiger partial charge in [-0.2, -0.15) is 0 Å². The molecule has 0 aliphatic rings. The van der Waals surface area contributed by atoms with Crippen molar-refractivity contribution < 1.29 is 0 Å². The molecular weight excluding hydrogens is 386 g/mol. The zero-order valence-electron chi connectivity index (χ0n) is 13.8. The molecule has 0 aromatic carbocycles. The molecule has 0 spiro atoms. The summed E-state index contributed by atoms with van der Waals surface area (Å²) < 4.78 is 1.63. The molecular formula is C17H29ClN2Sn. The molecule has 0 atom stereocenters. The van der Waals surface area contributed by atoms with E-state index < -0.39 is 21.1 Å². The summed E-state index contributed by atoms with van der Waals surface area (Å²) in [7, 11) is 0. The second kappa shape index (κ2) is 10.8. The van der Waals surface area contributed by atoms with Crippen LogP contribution in [0.5, 0.6) is 0 Å². The van der Waals surface area contributed by atoms with E-state index in [2.05, 4.69) is 30.7 Å². The Kier molecular flexibility index (Phi) is 9.90.